The maximum absolute atomic E-state index is 13.2. The van der Waals surface area contributed by atoms with E-state index in [4.69, 9.17) is 11.6 Å². The number of nitrogens with one attached hydrogen (secondary N) is 1. The number of carbonyl (C=O) groups is 2. The monoisotopic (exact) mass is 493 g/mol. The predicted octanol–water partition coefficient (Wildman–Crippen LogP) is 3.83. The molecule has 1 N–H and O–H groups in total. The third-order valence-corrected chi connectivity index (χ3v) is 6.58. The van der Waals surface area contributed by atoms with Crippen LogP contribution >= 0.6 is 11.6 Å². The van der Waals surface area contributed by atoms with Gasteiger partial charge in [0.15, 0.2) is 0 Å². The smallest absolute Gasteiger partial charge is 0.242 e. The van der Waals surface area contributed by atoms with E-state index in [0.717, 1.165) is 18.2 Å². The first-order valence-corrected chi connectivity index (χ1v) is 13.2. The topological polar surface area (TPSA) is 86.8 Å². The maximum Gasteiger partial charge on any atom is 0.242 e. The van der Waals surface area contributed by atoms with Gasteiger partial charge in [0, 0.05) is 31.1 Å². The molecular weight excluding hydrogens is 462 g/mol. The van der Waals surface area contributed by atoms with E-state index < -0.39 is 16.1 Å². The Bertz CT molecular complexity index is 1030. The first-order valence-electron chi connectivity index (χ1n) is 11.0. The summed E-state index contributed by atoms with van der Waals surface area (Å²) in [5.41, 5.74) is 1.36. The summed E-state index contributed by atoms with van der Waals surface area (Å²) in [4.78, 5) is 27.3. The van der Waals surface area contributed by atoms with Gasteiger partial charge in [0.05, 0.1) is 11.9 Å². The zero-order valence-electron chi connectivity index (χ0n) is 19.3. The largest absolute Gasteiger partial charge is 0.354 e. The molecule has 0 fully saturated rings. The molecule has 0 heterocycles. The first-order chi connectivity index (χ1) is 15.6. The molecular formula is C24H32ClN3O4S. The number of halogens is 1. The molecule has 0 saturated heterocycles. The Labute approximate surface area is 201 Å². The highest BCUT2D eigenvalue weighted by Crippen LogP contribution is 2.19. The quantitative estimate of drug-likeness (QED) is 0.486. The van der Waals surface area contributed by atoms with Gasteiger partial charge in [0.2, 0.25) is 21.8 Å². The molecule has 33 heavy (non-hydrogen) atoms. The molecule has 0 saturated carbocycles. The Kier molecular flexibility index (Phi) is 10.2. The van der Waals surface area contributed by atoms with Crippen LogP contribution in [0.1, 0.15) is 38.7 Å². The highest BCUT2D eigenvalue weighted by molar-refractivity contribution is 7.92. The van der Waals surface area contributed by atoms with Crippen molar-refractivity contribution >= 4 is 39.1 Å². The van der Waals surface area contributed by atoms with Gasteiger partial charge >= 0.3 is 0 Å². The van der Waals surface area contributed by atoms with E-state index >= 15 is 0 Å². The number of rotatable bonds is 12. The summed E-state index contributed by atoms with van der Waals surface area (Å²) in [5, 5.41) is 3.38. The standard InChI is InChI=1S/C24H32ClN3O4S/c1-4-15-26-24(30)19(2)27(18-20-10-8-11-21(25)17-20)23(29)14-9-16-28(33(3,31)32)22-12-6-5-7-13-22/h5-8,10-13,17,19H,4,9,14-16,18H2,1-3H3,(H,26,30). The molecule has 180 valence electrons. The number of carbonyl (C=O) groups excluding carboxylic acids is 2. The summed E-state index contributed by atoms with van der Waals surface area (Å²) in [7, 11) is -3.50. The predicted molar refractivity (Wildman–Crippen MR) is 133 cm³/mol. The third-order valence-electron chi connectivity index (χ3n) is 5.15. The van der Waals surface area contributed by atoms with Gasteiger partial charge in [-0.05, 0) is 49.6 Å². The van der Waals surface area contributed by atoms with Crippen LogP contribution < -0.4 is 9.62 Å². The van der Waals surface area contributed by atoms with Crippen molar-refractivity contribution < 1.29 is 18.0 Å². The van der Waals surface area contributed by atoms with Crippen molar-refractivity contribution in [3.05, 3.63) is 65.2 Å². The van der Waals surface area contributed by atoms with Crippen molar-refractivity contribution in [3.8, 4) is 0 Å². The summed E-state index contributed by atoms with van der Waals surface area (Å²) in [6.45, 7) is 4.58. The Hall–Kier alpha value is -2.58. The molecule has 0 spiro atoms. The number of anilines is 1. The average Bonchev–Trinajstić information content (AvgIpc) is 2.77. The fourth-order valence-electron chi connectivity index (χ4n) is 3.41. The van der Waals surface area contributed by atoms with E-state index in [-0.39, 0.29) is 31.3 Å². The summed E-state index contributed by atoms with van der Waals surface area (Å²) in [6.07, 6.45) is 2.36. The second-order valence-corrected chi connectivity index (χ2v) is 10.2. The molecule has 0 radical (unpaired) electrons. The molecule has 0 aliphatic heterocycles. The molecule has 1 atom stereocenters. The lowest BCUT2D eigenvalue weighted by molar-refractivity contribution is -0.140. The van der Waals surface area contributed by atoms with E-state index in [1.807, 2.05) is 19.1 Å². The van der Waals surface area contributed by atoms with Crippen LogP contribution in [0.25, 0.3) is 0 Å². The van der Waals surface area contributed by atoms with E-state index in [0.29, 0.717) is 23.7 Å². The lowest BCUT2D eigenvalue weighted by Gasteiger charge is -2.29. The molecule has 0 aromatic heterocycles. The molecule has 2 aromatic rings. The normalized spacial score (nSPS) is 12.1. The summed E-state index contributed by atoms with van der Waals surface area (Å²) < 4.78 is 25.8. The maximum atomic E-state index is 13.2. The minimum absolute atomic E-state index is 0.102. The summed E-state index contributed by atoms with van der Waals surface area (Å²) in [6, 6.07) is 15.3. The van der Waals surface area contributed by atoms with Crippen molar-refractivity contribution in [3.63, 3.8) is 0 Å². The van der Waals surface area contributed by atoms with Gasteiger partial charge in [0.1, 0.15) is 6.04 Å². The molecule has 2 aromatic carbocycles. The fraction of sp³-hybridized carbons (Fsp3) is 0.417. The Morgan fingerprint density at radius 3 is 2.39 bits per heavy atom. The molecule has 1 unspecified atom stereocenters. The highest BCUT2D eigenvalue weighted by Gasteiger charge is 2.26. The number of para-hydroxylation sites is 1. The zero-order valence-corrected chi connectivity index (χ0v) is 20.9. The van der Waals surface area contributed by atoms with Crippen molar-refractivity contribution in [2.24, 2.45) is 0 Å². The molecule has 0 bridgehead atoms. The van der Waals surface area contributed by atoms with Crippen LogP contribution in [0.2, 0.25) is 5.02 Å². The van der Waals surface area contributed by atoms with Crippen LogP contribution in [-0.2, 0) is 26.2 Å². The van der Waals surface area contributed by atoms with Crippen LogP contribution in [0.5, 0.6) is 0 Å². The Morgan fingerprint density at radius 1 is 1.09 bits per heavy atom. The molecule has 2 amide bonds. The van der Waals surface area contributed by atoms with Crippen LogP contribution in [0.15, 0.2) is 54.6 Å². The SMILES string of the molecule is CCCNC(=O)C(C)N(Cc1cccc(Cl)c1)C(=O)CCCN(c1ccccc1)S(C)(=O)=O. The zero-order chi connectivity index (χ0) is 24.4. The fourth-order valence-corrected chi connectivity index (χ4v) is 4.59. The second kappa shape index (κ2) is 12.6. The number of nitrogens with zero attached hydrogens (tertiary/aromatic N) is 2. The van der Waals surface area contributed by atoms with Gasteiger partial charge in [-0.2, -0.15) is 0 Å². The van der Waals surface area contributed by atoms with Gasteiger partial charge in [-0.15, -0.1) is 0 Å². The van der Waals surface area contributed by atoms with Gasteiger partial charge in [0.25, 0.3) is 0 Å². The molecule has 0 aliphatic carbocycles. The number of benzene rings is 2. The van der Waals surface area contributed by atoms with Crippen LogP contribution in [0, 0.1) is 0 Å². The average molecular weight is 494 g/mol. The van der Waals surface area contributed by atoms with Crippen molar-refractivity contribution in [1.82, 2.24) is 10.2 Å². The Morgan fingerprint density at radius 2 is 1.79 bits per heavy atom. The van der Waals surface area contributed by atoms with Gasteiger partial charge < -0.3 is 10.2 Å². The minimum Gasteiger partial charge on any atom is -0.354 e. The first kappa shape index (κ1) is 26.7. The van der Waals surface area contributed by atoms with Crippen LogP contribution in [-0.4, -0.2) is 50.5 Å². The van der Waals surface area contributed by atoms with Crippen molar-refractivity contribution in [2.45, 2.75) is 45.7 Å². The van der Waals surface area contributed by atoms with E-state index in [1.54, 1.807) is 49.4 Å². The molecule has 2 rings (SSSR count). The number of hydrogen-bond donors (Lipinski definition) is 1. The number of amides is 2. The second-order valence-electron chi connectivity index (χ2n) is 7.89. The van der Waals surface area contributed by atoms with E-state index in [2.05, 4.69) is 5.32 Å². The Balaban J connectivity index is 2.13. The lowest BCUT2D eigenvalue weighted by atomic mass is 10.1. The van der Waals surface area contributed by atoms with E-state index in [1.165, 1.54) is 9.21 Å². The number of sulfonamides is 1. The third kappa shape index (κ3) is 8.37. The van der Waals surface area contributed by atoms with Crippen LogP contribution in [0.4, 0.5) is 5.69 Å². The lowest BCUT2D eigenvalue weighted by Crippen LogP contribution is -2.47. The van der Waals surface area contributed by atoms with E-state index in [9.17, 15) is 18.0 Å². The summed E-state index contributed by atoms with van der Waals surface area (Å²) >= 11 is 6.09. The van der Waals surface area contributed by atoms with Crippen LogP contribution in [0.3, 0.4) is 0 Å². The minimum atomic E-state index is -3.50. The highest BCUT2D eigenvalue weighted by atomic mass is 35.5. The van der Waals surface area contributed by atoms with Crippen molar-refractivity contribution in [1.29, 1.82) is 0 Å². The number of hydrogen-bond acceptors (Lipinski definition) is 4. The summed E-state index contributed by atoms with van der Waals surface area (Å²) in [5.74, 6) is -0.454. The van der Waals surface area contributed by atoms with Gasteiger partial charge in [-0.25, -0.2) is 8.42 Å². The molecule has 7 nitrogen and oxygen atoms in total. The molecule has 0 aliphatic rings. The van der Waals surface area contributed by atoms with Gasteiger partial charge in [-0.1, -0.05) is 48.9 Å². The molecule has 9 heteroatoms. The van der Waals surface area contributed by atoms with Crippen molar-refractivity contribution in [2.75, 3.05) is 23.7 Å². The van der Waals surface area contributed by atoms with Gasteiger partial charge in [-0.3, -0.25) is 13.9 Å².